The standard InChI is InChI=1S/C22H29N5O3/c1-3-19(28)27-10-8-14(9-11-27)24-21(29)13(2)23-22(30)16-12-15(16)20-25-17-6-4-5-7-18(17)26-20/h4-7,13-16H,3,8-12H2,1-2H3,(H,23,30)(H,24,29)(H,25,26). The number of likely N-dealkylation sites (tertiary alicyclic amines) is 1. The third kappa shape index (κ3) is 4.32. The van der Waals surface area contributed by atoms with E-state index in [0.29, 0.717) is 19.5 Å². The highest BCUT2D eigenvalue weighted by Crippen LogP contribution is 2.46. The molecule has 2 heterocycles. The van der Waals surface area contributed by atoms with Crippen molar-refractivity contribution in [2.75, 3.05) is 13.1 Å². The Balaban J connectivity index is 1.24. The van der Waals surface area contributed by atoms with E-state index in [-0.39, 0.29) is 35.6 Å². The third-order valence-electron chi connectivity index (χ3n) is 6.13. The largest absolute Gasteiger partial charge is 0.351 e. The van der Waals surface area contributed by atoms with E-state index >= 15 is 0 Å². The van der Waals surface area contributed by atoms with E-state index in [1.54, 1.807) is 6.92 Å². The van der Waals surface area contributed by atoms with Crippen molar-refractivity contribution in [2.45, 2.75) is 57.5 Å². The molecule has 160 valence electrons. The molecule has 0 radical (unpaired) electrons. The Morgan fingerprint density at radius 2 is 1.97 bits per heavy atom. The molecular formula is C22H29N5O3. The summed E-state index contributed by atoms with van der Waals surface area (Å²) in [5.41, 5.74) is 1.87. The highest BCUT2D eigenvalue weighted by molar-refractivity contribution is 5.90. The summed E-state index contributed by atoms with van der Waals surface area (Å²) in [6, 6.07) is 7.26. The average Bonchev–Trinajstić information content (AvgIpc) is 3.45. The van der Waals surface area contributed by atoms with Crippen molar-refractivity contribution in [1.82, 2.24) is 25.5 Å². The molecule has 1 aliphatic heterocycles. The first-order chi connectivity index (χ1) is 14.5. The zero-order valence-electron chi connectivity index (χ0n) is 17.5. The number of fused-ring (bicyclic) bond motifs is 1. The Morgan fingerprint density at radius 1 is 1.23 bits per heavy atom. The summed E-state index contributed by atoms with van der Waals surface area (Å²) in [7, 11) is 0. The van der Waals surface area contributed by atoms with Crippen LogP contribution < -0.4 is 10.6 Å². The first-order valence-corrected chi connectivity index (χ1v) is 10.8. The number of rotatable bonds is 6. The number of carbonyl (C=O) groups excluding carboxylic acids is 3. The zero-order chi connectivity index (χ0) is 21.3. The van der Waals surface area contributed by atoms with E-state index < -0.39 is 6.04 Å². The predicted molar refractivity (Wildman–Crippen MR) is 113 cm³/mol. The maximum absolute atomic E-state index is 12.6. The van der Waals surface area contributed by atoms with Gasteiger partial charge in [-0.05, 0) is 38.3 Å². The number of carbonyl (C=O) groups is 3. The van der Waals surface area contributed by atoms with Gasteiger partial charge in [0.2, 0.25) is 17.7 Å². The summed E-state index contributed by atoms with van der Waals surface area (Å²) < 4.78 is 0. The maximum atomic E-state index is 12.6. The lowest BCUT2D eigenvalue weighted by Gasteiger charge is -2.32. The lowest BCUT2D eigenvalue weighted by atomic mass is 10.0. The molecule has 3 unspecified atom stereocenters. The summed E-state index contributed by atoms with van der Waals surface area (Å²) in [5.74, 6) is 0.638. The van der Waals surface area contributed by atoms with Crippen LogP contribution in [0, 0.1) is 5.92 Å². The lowest BCUT2D eigenvalue weighted by Crippen LogP contribution is -2.52. The van der Waals surface area contributed by atoms with Crippen molar-refractivity contribution in [3.8, 4) is 0 Å². The summed E-state index contributed by atoms with van der Waals surface area (Å²) >= 11 is 0. The van der Waals surface area contributed by atoms with E-state index in [9.17, 15) is 14.4 Å². The van der Waals surface area contributed by atoms with E-state index in [1.165, 1.54) is 0 Å². The molecule has 2 aliphatic rings. The SMILES string of the molecule is CCC(=O)N1CCC(NC(=O)C(C)NC(=O)C2CC2c2nc3ccccc3[nH]2)CC1. The normalized spacial score (nSPS) is 22.5. The van der Waals surface area contributed by atoms with Crippen LogP contribution in [-0.2, 0) is 14.4 Å². The number of para-hydroxylation sites is 2. The predicted octanol–water partition coefficient (Wildman–Crippen LogP) is 1.69. The first kappa shape index (κ1) is 20.4. The second-order valence-electron chi connectivity index (χ2n) is 8.34. The lowest BCUT2D eigenvalue weighted by molar-refractivity contribution is -0.132. The summed E-state index contributed by atoms with van der Waals surface area (Å²) in [4.78, 5) is 46.6. The molecule has 1 saturated carbocycles. The fourth-order valence-electron chi connectivity index (χ4n) is 4.14. The molecule has 8 heteroatoms. The van der Waals surface area contributed by atoms with E-state index in [1.807, 2.05) is 36.1 Å². The van der Waals surface area contributed by atoms with Crippen LogP contribution in [0.1, 0.15) is 51.3 Å². The van der Waals surface area contributed by atoms with Gasteiger partial charge < -0.3 is 20.5 Å². The highest BCUT2D eigenvalue weighted by atomic mass is 16.2. The number of nitrogens with zero attached hydrogens (tertiary/aromatic N) is 2. The van der Waals surface area contributed by atoms with Crippen LogP contribution in [-0.4, -0.2) is 57.8 Å². The average molecular weight is 412 g/mol. The molecular weight excluding hydrogens is 382 g/mol. The smallest absolute Gasteiger partial charge is 0.242 e. The molecule has 0 bridgehead atoms. The molecule has 0 spiro atoms. The summed E-state index contributed by atoms with van der Waals surface area (Å²) in [6.07, 6.45) is 2.74. The van der Waals surface area contributed by atoms with Crippen LogP contribution in [0.2, 0.25) is 0 Å². The number of nitrogens with one attached hydrogen (secondary N) is 3. The minimum Gasteiger partial charge on any atom is -0.351 e. The number of aromatic nitrogens is 2. The molecule has 1 aromatic heterocycles. The minimum atomic E-state index is -0.593. The Kier molecular flexibility index (Phi) is 5.74. The van der Waals surface area contributed by atoms with Gasteiger partial charge in [-0.1, -0.05) is 19.1 Å². The molecule has 3 N–H and O–H groups in total. The van der Waals surface area contributed by atoms with Crippen molar-refractivity contribution in [2.24, 2.45) is 5.92 Å². The second-order valence-corrected chi connectivity index (χ2v) is 8.34. The Bertz CT molecular complexity index is 914. The first-order valence-electron chi connectivity index (χ1n) is 10.8. The number of benzene rings is 1. The number of aromatic amines is 1. The van der Waals surface area contributed by atoms with Crippen LogP contribution >= 0.6 is 0 Å². The van der Waals surface area contributed by atoms with Crippen LogP contribution in [0.25, 0.3) is 11.0 Å². The van der Waals surface area contributed by atoms with Crippen molar-refractivity contribution in [3.05, 3.63) is 30.1 Å². The second kappa shape index (κ2) is 8.45. The Labute approximate surface area is 175 Å². The van der Waals surface area contributed by atoms with Crippen LogP contribution in [0.3, 0.4) is 0 Å². The van der Waals surface area contributed by atoms with Gasteiger partial charge in [0.1, 0.15) is 11.9 Å². The zero-order valence-corrected chi connectivity index (χ0v) is 17.5. The number of piperidine rings is 1. The topological polar surface area (TPSA) is 107 Å². The van der Waals surface area contributed by atoms with Crippen LogP contribution in [0.15, 0.2) is 24.3 Å². The number of hydrogen-bond donors (Lipinski definition) is 3. The van der Waals surface area contributed by atoms with Gasteiger partial charge in [0.15, 0.2) is 0 Å². The monoisotopic (exact) mass is 411 g/mol. The van der Waals surface area contributed by atoms with Gasteiger partial charge in [0, 0.05) is 37.4 Å². The number of amides is 3. The third-order valence-corrected chi connectivity index (χ3v) is 6.13. The molecule has 1 aliphatic carbocycles. The van der Waals surface area contributed by atoms with E-state index in [2.05, 4.69) is 20.6 Å². The van der Waals surface area contributed by atoms with E-state index in [0.717, 1.165) is 36.1 Å². The highest BCUT2D eigenvalue weighted by Gasteiger charge is 2.46. The van der Waals surface area contributed by atoms with Crippen LogP contribution in [0.5, 0.6) is 0 Å². The Morgan fingerprint density at radius 3 is 2.67 bits per heavy atom. The van der Waals surface area contributed by atoms with Gasteiger partial charge in [-0.2, -0.15) is 0 Å². The summed E-state index contributed by atoms with van der Waals surface area (Å²) in [5, 5.41) is 5.85. The summed E-state index contributed by atoms with van der Waals surface area (Å²) in [6.45, 7) is 4.90. The van der Waals surface area contributed by atoms with Gasteiger partial charge in [0.25, 0.3) is 0 Å². The maximum Gasteiger partial charge on any atom is 0.242 e. The molecule has 30 heavy (non-hydrogen) atoms. The molecule has 3 atom stereocenters. The molecule has 2 aromatic rings. The molecule has 8 nitrogen and oxygen atoms in total. The quantitative estimate of drug-likeness (QED) is 0.672. The van der Waals surface area contributed by atoms with Gasteiger partial charge in [-0.25, -0.2) is 4.98 Å². The number of hydrogen-bond acceptors (Lipinski definition) is 4. The Hall–Kier alpha value is -2.90. The molecule has 2 fully saturated rings. The van der Waals surface area contributed by atoms with Crippen molar-refractivity contribution in [1.29, 1.82) is 0 Å². The fourth-order valence-corrected chi connectivity index (χ4v) is 4.14. The molecule has 1 saturated heterocycles. The van der Waals surface area contributed by atoms with Gasteiger partial charge >= 0.3 is 0 Å². The van der Waals surface area contributed by atoms with Crippen molar-refractivity contribution < 1.29 is 14.4 Å². The number of imidazole rings is 1. The van der Waals surface area contributed by atoms with Gasteiger partial charge in [-0.3, -0.25) is 14.4 Å². The molecule has 3 amide bonds. The number of H-pyrrole nitrogens is 1. The fraction of sp³-hybridized carbons (Fsp3) is 0.545. The van der Waals surface area contributed by atoms with Gasteiger partial charge in [-0.15, -0.1) is 0 Å². The minimum absolute atomic E-state index is 0.0435. The molecule has 1 aromatic carbocycles. The van der Waals surface area contributed by atoms with Crippen molar-refractivity contribution >= 4 is 28.8 Å². The van der Waals surface area contributed by atoms with Crippen LogP contribution in [0.4, 0.5) is 0 Å². The van der Waals surface area contributed by atoms with E-state index in [4.69, 9.17) is 0 Å². The molecule has 4 rings (SSSR count). The van der Waals surface area contributed by atoms with Crippen molar-refractivity contribution in [3.63, 3.8) is 0 Å². The van der Waals surface area contributed by atoms with Gasteiger partial charge in [0.05, 0.1) is 11.0 Å².